The van der Waals surface area contributed by atoms with E-state index in [9.17, 15) is 14.4 Å². The Balaban J connectivity index is 4.39. The summed E-state index contributed by atoms with van der Waals surface area (Å²) in [6.07, 6.45) is 70.3. The molecule has 0 radical (unpaired) electrons. The van der Waals surface area contributed by atoms with E-state index in [1.54, 1.807) is 0 Å². The van der Waals surface area contributed by atoms with Crippen LogP contribution in [0.4, 0.5) is 0 Å². The summed E-state index contributed by atoms with van der Waals surface area (Å²) in [4.78, 5) is 38.1. The predicted molar refractivity (Wildman–Crippen MR) is 288 cm³/mol. The molecule has 0 aromatic heterocycles. The first-order valence-electron chi connectivity index (χ1n) is 28.5. The molecule has 0 aromatic carbocycles. The van der Waals surface area contributed by atoms with Gasteiger partial charge in [0.2, 0.25) is 0 Å². The van der Waals surface area contributed by atoms with Gasteiger partial charge in [-0.05, 0) is 64.2 Å². The van der Waals surface area contributed by atoms with E-state index in [2.05, 4.69) is 75.5 Å². The second-order valence-electron chi connectivity index (χ2n) is 18.9. The quantitative estimate of drug-likeness (QED) is 0.0262. The van der Waals surface area contributed by atoms with E-state index >= 15 is 0 Å². The zero-order valence-electron chi connectivity index (χ0n) is 44.2. The summed E-state index contributed by atoms with van der Waals surface area (Å²) in [7, 11) is 0. The Labute approximate surface area is 414 Å². The molecule has 0 amide bonds. The van der Waals surface area contributed by atoms with Crippen LogP contribution >= 0.6 is 0 Å². The van der Waals surface area contributed by atoms with Gasteiger partial charge in [-0.3, -0.25) is 14.4 Å². The molecule has 386 valence electrons. The van der Waals surface area contributed by atoms with Gasteiger partial charge in [0, 0.05) is 19.3 Å². The van der Waals surface area contributed by atoms with Gasteiger partial charge in [0.1, 0.15) is 13.2 Å². The Morgan fingerprint density at radius 3 is 0.955 bits per heavy atom. The highest BCUT2D eigenvalue weighted by Gasteiger charge is 2.19. The number of hydrogen-bond acceptors (Lipinski definition) is 6. The number of ether oxygens (including phenoxy) is 3. The van der Waals surface area contributed by atoms with Crippen LogP contribution in [0.3, 0.4) is 0 Å². The van der Waals surface area contributed by atoms with Gasteiger partial charge in [-0.2, -0.15) is 0 Å². The van der Waals surface area contributed by atoms with Crippen molar-refractivity contribution in [3.63, 3.8) is 0 Å². The Hall–Kier alpha value is -3.15. The largest absolute Gasteiger partial charge is 0.462 e. The fraction of sp³-hybridized carbons (Fsp3) is 0.754. The topological polar surface area (TPSA) is 78.9 Å². The highest BCUT2D eigenvalue weighted by Crippen LogP contribution is 2.16. The van der Waals surface area contributed by atoms with Crippen LogP contribution in [0.1, 0.15) is 278 Å². The normalized spacial score (nSPS) is 12.6. The molecule has 0 saturated carbocycles. The summed E-state index contributed by atoms with van der Waals surface area (Å²) in [5.41, 5.74) is 0. The lowest BCUT2D eigenvalue weighted by Gasteiger charge is -2.18. The third-order valence-corrected chi connectivity index (χ3v) is 12.3. The van der Waals surface area contributed by atoms with Crippen molar-refractivity contribution in [2.75, 3.05) is 13.2 Å². The zero-order valence-corrected chi connectivity index (χ0v) is 44.2. The van der Waals surface area contributed by atoms with Crippen LogP contribution in [0, 0.1) is 0 Å². The van der Waals surface area contributed by atoms with E-state index in [4.69, 9.17) is 14.2 Å². The van der Waals surface area contributed by atoms with Crippen molar-refractivity contribution >= 4 is 17.9 Å². The molecule has 0 aliphatic heterocycles. The maximum Gasteiger partial charge on any atom is 0.306 e. The van der Waals surface area contributed by atoms with Crippen LogP contribution in [0.5, 0.6) is 0 Å². The molecule has 0 fully saturated rings. The van der Waals surface area contributed by atoms with Crippen LogP contribution in [-0.4, -0.2) is 37.2 Å². The van der Waals surface area contributed by atoms with Crippen LogP contribution in [0.25, 0.3) is 0 Å². The van der Waals surface area contributed by atoms with Crippen molar-refractivity contribution in [2.24, 2.45) is 0 Å². The highest BCUT2D eigenvalue weighted by molar-refractivity contribution is 5.71. The standard InChI is InChI=1S/C61H106O6/c1-4-7-10-13-16-19-22-25-28-29-30-31-34-36-39-42-45-48-51-54-60(63)66-57-58(67-61(64)55-52-49-46-43-40-37-33-27-24-21-18-15-12-9-6-3)56-65-59(62)53-50-47-44-41-38-35-32-26-23-20-17-14-11-8-5-2/h9,12,15-16,18-19,21-22,24-25,27,33,58H,4-8,10-11,13-14,17,20,23,26,28-32,34-57H2,1-3H3/b12-9-,18-15-,19-16-,24-21-,25-22-,33-27-. The number of carbonyl (C=O) groups excluding carboxylic acids is 3. The van der Waals surface area contributed by atoms with Gasteiger partial charge in [0.05, 0.1) is 0 Å². The van der Waals surface area contributed by atoms with E-state index in [1.807, 2.05) is 18.2 Å². The second kappa shape index (κ2) is 55.4. The van der Waals surface area contributed by atoms with Gasteiger partial charge < -0.3 is 14.2 Å². The van der Waals surface area contributed by atoms with E-state index in [1.165, 1.54) is 154 Å². The van der Waals surface area contributed by atoms with Gasteiger partial charge in [-0.15, -0.1) is 0 Å². The molecule has 1 unspecified atom stereocenters. The highest BCUT2D eigenvalue weighted by atomic mass is 16.6. The number of carbonyl (C=O) groups is 3. The first-order chi connectivity index (χ1) is 33.0. The Morgan fingerprint density at radius 1 is 0.313 bits per heavy atom. The lowest BCUT2D eigenvalue weighted by Crippen LogP contribution is -2.30. The van der Waals surface area contributed by atoms with Crippen molar-refractivity contribution in [1.82, 2.24) is 0 Å². The van der Waals surface area contributed by atoms with Crippen LogP contribution in [0.15, 0.2) is 72.9 Å². The summed E-state index contributed by atoms with van der Waals surface area (Å²) >= 11 is 0. The van der Waals surface area contributed by atoms with Gasteiger partial charge in [0.15, 0.2) is 6.10 Å². The summed E-state index contributed by atoms with van der Waals surface area (Å²) in [6.45, 7) is 6.48. The Kier molecular flexibility index (Phi) is 52.8. The zero-order chi connectivity index (χ0) is 48.6. The molecule has 0 aliphatic rings. The van der Waals surface area contributed by atoms with Gasteiger partial charge in [0.25, 0.3) is 0 Å². The number of esters is 3. The molecule has 67 heavy (non-hydrogen) atoms. The first-order valence-corrected chi connectivity index (χ1v) is 28.5. The molecule has 1 atom stereocenters. The summed E-state index contributed by atoms with van der Waals surface area (Å²) in [5, 5.41) is 0. The van der Waals surface area contributed by atoms with Crippen LogP contribution in [-0.2, 0) is 28.6 Å². The molecule has 0 rings (SSSR count). The molecule has 6 nitrogen and oxygen atoms in total. The lowest BCUT2D eigenvalue weighted by atomic mass is 10.0. The number of hydrogen-bond donors (Lipinski definition) is 0. The van der Waals surface area contributed by atoms with E-state index in [-0.39, 0.29) is 31.1 Å². The van der Waals surface area contributed by atoms with Gasteiger partial charge in [-0.1, -0.05) is 267 Å². The molecular formula is C61H106O6. The fourth-order valence-corrected chi connectivity index (χ4v) is 8.03. The molecule has 0 spiro atoms. The predicted octanol–water partition coefficient (Wildman–Crippen LogP) is 19.0. The van der Waals surface area contributed by atoms with E-state index < -0.39 is 6.10 Å². The molecular weight excluding hydrogens is 829 g/mol. The Bertz CT molecular complexity index is 1260. The van der Waals surface area contributed by atoms with Crippen molar-refractivity contribution in [3.8, 4) is 0 Å². The summed E-state index contributed by atoms with van der Waals surface area (Å²) < 4.78 is 16.9. The SMILES string of the molecule is CC\C=C/C=C\C=C/C=C\CCCCCCCC(=O)OC(COC(=O)CCCCCCCCCCCC/C=C\C=C/CCCCC)COC(=O)CCCCCCCCCCCCCCCCC. The molecule has 0 heterocycles. The number of allylic oxidation sites excluding steroid dienone is 12. The fourth-order valence-electron chi connectivity index (χ4n) is 8.03. The van der Waals surface area contributed by atoms with Crippen LogP contribution in [0.2, 0.25) is 0 Å². The third-order valence-electron chi connectivity index (χ3n) is 12.3. The van der Waals surface area contributed by atoms with E-state index in [0.29, 0.717) is 19.3 Å². The minimum atomic E-state index is -0.788. The molecule has 0 N–H and O–H groups in total. The molecule has 0 saturated heterocycles. The minimum Gasteiger partial charge on any atom is -0.462 e. The van der Waals surface area contributed by atoms with Gasteiger partial charge >= 0.3 is 17.9 Å². The van der Waals surface area contributed by atoms with Crippen molar-refractivity contribution in [2.45, 2.75) is 284 Å². The molecule has 6 heteroatoms. The smallest absolute Gasteiger partial charge is 0.306 e. The molecule has 0 aromatic rings. The number of rotatable bonds is 51. The van der Waals surface area contributed by atoms with Crippen molar-refractivity contribution in [1.29, 1.82) is 0 Å². The molecule has 0 aliphatic carbocycles. The monoisotopic (exact) mass is 935 g/mol. The van der Waals surface area contributed by atoms with Crippen molar-refractivity contribution in [3.05, 3.63) is 72.9 Å². The first kappa shape index (κ1) is 63.8. The second-order valence-corrected chi connectivity index (χ2v) is 18.9. The average Bonchev–Trinajstić information content (AvgIpc) is 3.33. The van der Waals surface area contributed by atoms with E-state index in [0.717, 1.165) is 83.5 Å². The summed E-state index contributed by atoms with van der Waals surface area (Å²) in [6, 6.07) is 0. The lowest BCUT2D eigenvalue weighted by molar-refractivity contribution is -0.167. The minimum absolute atomic E-state index is 0.0839. The number of unbranched alkanes of at least 4 members (excludes halogenated alkanes) is 32. The molecule has 0 bridgehead atoms. The average molecular weight is 936 g/mol. The van der Waals surface area contributed by atoms with Crippen LogP contribution < -0.4 is 0 Å². The summed E-state index contributed by atoms with van der Waals surface area (Å²) in [5.74, 6) is -0.901. The van der Waals surface area contributed by atoms with Crippen molar-refractivity contribution < 1.29 is 28.6 Å². The maximum absolute atomic E-state index is 12.8. The Morgan fingerprint density at radius 2 is 0.582 bits per heavy atom. The maximum atomic E-state index is 12.8. The third kappa shape index (κ3) is 53.7. The van der Waals surface area contributed by atoms with Gasteiger partial charge in [-0.25, -0.2) is 0 Å².